The molecular weight excluding hydrogens is 411 g/mol. The van der Waals surface area contributed by atoms with Gasteiger partial charge in [0.15, 0.2) is 0 Å². The lowest BCUT2D eigenvalue weighted by Gasteiger charge is -2.24. The highest BCUT2D eigenvalue weighted by Gasteiger charge is 2.26. The van der Waals surface area contributed by atoms with Crippen LogP contribution in [0.25, 0.3) is 0 Å². The Bertz CT molecular complexity index is 484. The van der Waals surface area contributed by atoms with Crippen molar-refractivity contribution in [2.24, 2.45) is 5.92 Å². The Morgan fingerprint density at radius 3 is 3.09 bits per heavy atom. The van der Waals surface area contributed by atoms with E-state index < -0.39 is 0 Å². The molecule has 22 heavy (non-hydrogen) atoms. The molecule has 1 N–H and O–H groups in total. The second-order valence-corrected chi connectivity index (χ2v) is 10.3. The van der Waals surface area contributed by atoms with Crippen molar-refractivity contribution in [1.82, 2.24) is 0 Å². The molecule has 0 fully saturated rings. The van der Waals surface area contributed by atoms with Crippen LogP contribution in [0.4, 0.5) is 0 Å². The van der Waals surface area contributed by atoms with Crippen LogP contribution in [0.5, 0.6) is 0 Å². The summed E-state index contributed by atoms with van der Waals surface area (Å²) in [5, 5.41) is 9.64. The van der Waals surface area contributed by atoms with Crippen molar-refractivity contribution >= 4 is 41.3 Å². The van der Waals surface area contributed by atoms with E-state index >= 15 is 0 Å². The number of aliphatic hydroxyl groups is 1. The summed E-state index contributed by atoms with van der Waals surface area (Å²) in [5.41, 5.74) is 2.76. The van der Waals surface area contributed by atoms with Gasteiger partial charge in [0.25, 0.3) is 0 Å². The summed E-state index contributed by atoms with van der Waals surface area (Å²) in [6.45, 7) is 6.84. The smallest absolute Gasteiger partial charge is 0.350 e. The number of halogens is 1. The van der Waals surface area contributed by atoms with Crippen LogP contribution in [0.15, 0.2) is 23.8 Å². The molecule has 5 heteroatoms. The van der Waals surface area contributed by atoms with E-state index in [0.717, 1.165) is 39.4 Å². The van der Waals surface area contributed by atoms with Gasteiger partial charge in [-0.05, 0) is 44.9 Å². The van der Waals surface area contributed by atoms with E-state index in [9.17, 15) is 9.90 Å². The number of carbonyl (C=O) groups excluding carboxylic acids is 1. The number of aliphatic hydroxyl groups excluding tert-OH is 1. The van der Waals surface area contributed by atoms with Gasteiger partial charge in [-0.1, -0.05) is 44.5 Å². The molecule has 124 valence electrons. The van der Waals surface area contributed by atoms with Gasteiger partial charge in [0.05, 0.1) is 6.61 Å². The van der Waals surface area contributed by atoms with Crippen molar-refractivity contribution in [3.63, 3.8) is 0 Å². The summed E-state index contributed by atoms with van der Waals surface area (Å²) < 4.78 is 7.12. The zero-order valence-corrected chi connectivity index (χ0v) is 16.1. The maximum atomic E-state index is 12.0. The fraction of sp³-hybridized carbons (Fsp3) is 0.647. The summed E-state index contributed by atoms with van der Waals surface area (Å²) in [4.78, 5) is 12.0. The average Bonchev–Trinajstić information content (AvgIpc) is 2.75. The van der Waals surface area contributed by atoms with Gasteiger partial charge in [0, 0.05) is 16.3 Å². The van der Waals surface area contributed by atoms with Gasteiger partial charge in [0.1, 0.15) is 2.84 Å². The van der Waals surface area contributed by atoms with Crippen molar-refractivity contribution < 1.29 is 14.6 Å². The van der Waals surface area contributed by atoms with Gasteiger partial charge in [0.2, 0.25) is 0 Å². The van der Waals surface area contributed by atoms with Gasteiger partial charge in [-0.3, -0.25) is 0 Å². The van der Waals surface area contributed by atoms with Gasteiger partial charge in [-0.15, -0.1) is 11.8 Å². The minimum atomic E-state index is -0.259. The summed E-state index contributed by atoms with van der Waals surface area (Å²) in [6.07, 6.45) is 7.63. The van der Waals surface area contributed by atoms with E-state index in [1.165, 1.54) is 11.1 Å². The van der Waals surface area contributed by atoms with E-state index in [2.05, 4.69) is 12.7 Å². The molecule has 0 saturated carbocycles. The van der Waals surface area contributed by atoms with E-state index in [-0.39, 0.29) is 26.7 Å². The number of esters is 1. The Balaban J connectivity index is 1.94. The highest BCUT2D eigenvalue weighted by molar-refractivity contribution is 14.2. The average molecular weight is 436 g/mol. The summed E-state index contributed by atoms with van der Waals surface area (Å²) in [7, 11) is 0. The van der Waals surface area contributed by atoms with Crippen molar-refractivity contribution in [3.8, 4) is 0 Å². The molecule has 0 amide bonds. The van der Waals surface area contributed by atoms with Crippen LogP contribution in [-0.4, -0.2) is 36.8 Å². The molecule has 0 aromatic rings. The molecule has 0 aromatic carbocycles. The predicted molar refractivity (Wildman–Crippen MR) is 103 cm³/mol. The molecule has 2 rings (SSSR count). The number of thioether (sulfide) groups is 1. The normalized spacial score (nSPS) is 26.4. The number of carbonyl (C=O) groups is 1. The van der Waals surface area contributed by atoms with Gasteiger partial charge in [-0.2, -0.15) is 0 Å². The second-order valence-electron chi connectivity index (χ2n) is 5.76. The first-order valence-corrected chi connectivity index (χ1v) is 11.4. The first kappa shape index (κ1) is 18.2. The van der Waals surface area contributed by atoms with Crippen LogP contribution in [0, 0.1) is 5.92 Å². The number of ether oxygens (including phenoxy) is 1. The van der Waals surface area contributed by atoms with Crippen LogP contribution in [-0.2, 0) is 9.53 Å². The third kappa shape index (κ3) is 5.20. The molecule has 2 unspecified atom stereocenters. The van der Waals surface area contributed by atoms with Crippen LogP contribution in [0.1, 0.15) is 39.0 Å². The number of allylic oxidation sites excluding steroid dienone is 2. The lowest BCUT2D eigenvalue weighted by atomic mass is 9.98. The van der Waals surface area contributed by atoms with Crippen molar-refractivity contribution in [3.05, 3.63) is 23.8 Å². The molecule has 2 aliphatic rings. The second kappa shape index (κ2) is 9.23. The molecular formula is C17H25IO3S. The first-order chi connectivity index (χ1) is 10.6. The summed E-state index contributed by atoms with van der Waals surface area (Å²) in [6, 6.07) is 0. The SMILES string of the molecule is C=C1CI=C(C(=O)OCC)SC1CC1=CCCC(CO)CC1. The largest absolute Gasteiger partial charge is 0.462 e. The summed E-state index contributed by atoms with van der Waals surface area (Å²) >= 11 is 1.44. The fourth-order valence-corrected chi connectivity index (χ4v) is 7.69. The monoisotopic (exact) mass is 436 g/mol. The van der Waals surface area contributed by atoms with Crippen molar-refractivity contribution in [2.45, 2.75) is 44.3 Å². The number of hydrogen-bond donors (Lipinski definition) is 1. The molecule has 0 bridgehead atoms. The van der Waals surface area contributed by atoms with Gasteiger partial charge >= 0.3 is 5.97 Å². The highest BCUT2D eigenvalue weighted by atomic mass is 127. The third-order valence-electron chi connectivity index (χ3n) is 4.08. The van der Waals surface area contributed by atoms with Crippen molar-refractivity contribution in [2.75, 3.05) is 17.6 Å². The Morgan fingerprint density at radius 1 is 1.55 bits per heavy atom. The van der Waals surface area contributed by atoms with E-state index in [0.29, 0.717) is 24.4 Å². The molecule has 0 aromatic heterocycles. The van der Waals surface area contributed by atoms with Crippen LogP contribution in [0.2, 0.25) is 0 Å². The molecule has 1 aliphatic heterocycles. The number of rotatable bonds is 5. The highest BCUT2D eigenvalue weighted by Crippen LogP contribution is 2.37. The Labute approximate surface area is 147 Å². The number of alkyl halides is 1. The fourth-order valence-electron chi connectivity index (χ4n) is 2.71. The maximum absolute atomic E-state index is 12.0. The van der Waals surface area contributed by atoms with Crippen LogP contribution in [0.3, 0.4) is 0 Å². The van der Waals surface area contributed by atoms with E-state index in [4.69, 9.17) is 4.74 Å². The summed E-state index contributed by atoms with van der Waals surface area (Å²) in [5.74, 6) is 0.344. The van der Waals surface area contributed by atoms with E-state index in [1.807, 2.05) is 6.92 Å². The quantitative estimate of drug-likeness (QED) is 0.308. The Hall–Kier alpha value is -0.140. The van der Waals surface area contributed by atoms with E-state index in [1.54, 1.807) is 11.8 Å². The minimum absolute atomic E-state index is 0.104. The molecule has 1 heterocycles. The Kier molecular flexibility index (Phi) is 7.63. The first-order valence-electron chi connectivity index (χ1n) is 7.90. The van der Waals surface area contributed by atoms with Gasteiger partial charge in [-0.25, -0.2) is 4.79 Å². The molecule has 2 atom stereocenters. The molecule has 1 aliphatic carbocycles. The van der Waals surface area contributed by atoms with Crippen molar-refractivity contribution in [1.29, 1.82) is 0 Å². The topological polar surface area (TPSA) is 46.5 Å². The minimum Gasteiger partial charge on any atom is -0.462 e. The molecule has 3 nitrogen and oxygen atoms in total. The predicted octanol–water partition coefficient (Wildman–Crippen LogP) is 3.82. The van der Waals surface area contributed by atoms with Crippen LogP contribution >= 0.6 is 32.5 Å². The number of hydrogen-bond acceptors (Lipinski definition) is 4. The third-order valence-corrected chi connectivity index (χ3v) is 9.23. The zero-order chi connectivity index (χ0) is 15.9. The maximum Gasteiger partial charge on any atom is 0.350 e. The van der Waals surface area contributed by atoms with Gasteiger partial charge < -0.3 is 9.84 Å². The lowest BCUT2D eigenvalue weighted by molar-refractivity contribution is -0.134. The molecule has 0 spiro atoms. The molecule has 0 saturated heterocycles. The molecule has 0 radical (unpaired) electrons. The van der Waals surface area contributed by atoms with Crippen LogP contribution < -0.4 is 0 Å². The standard InChI is InChI=1S/C17H25IO3S/c1-3-21-17(20)16-18-10-12(2)15(22-16)9-13-5-4-6-14(11-19)8-7-13/h5,14-15,19H,2-4,6-11H2,1H3. The Morgan fingerprint density at radius 2 is 2.36 bits per heavy atom. The zero-order valence-electron chi connectivity index (χ0n) is 13.1. The lowest BCUT2D eigenvalue weighted by Crippen LogP contribution is -2.22.